The smallest absolute Gasteiger partial charge is 0.318 e. The van der Waals surface area contributed by atoms with E-state index in [1.54, 1.807) is 0 Å². The van der Waals surface area contributed by atoms with Gasteiger partial charge in [0.2, 0.25) is 15.8 Å². The van der Waals surface area contributed by atoms with E-state index in [1.807, 2.05) is 0 Å². The highest BCUT2D eigenvalue weighted by Crippen LogP contribution is 2.26. The minimum atomic E-state index is -4.63. The predicted molar refractivity (Wildman–Crippen MR) is 60.5 cm³/mol. The Bertz CT molecular complexity index is 675. The SMILES string of the molecule is CN(CC(=O)O)S(=O)(=O)c1cc([N+](=O)[O-])c(F)cc1F. The Morgan fingerprint density at radius 1 is 1.40 bits per heavy atom. The molecule has 0 unspecified atom stereocenters. The monoisotopic (exact) mass is 310 g/mol. The van der Waals surface area contributed by atoms with Gasteiger partial charge in [-0.2, -0.15) is 8.70 Å². The summed E-state index contributed by atoms with van der Waals surface area (Å²) in [6.45, 7) is -0.979. The number of carboxylic acids is 1. The van der Waals surface area contributed by atoms with Crippen LogP contribution in [0.25, 0.3) is 0 Å². The fraction of sp³-hybridized carbons (Fsp3) is 0.222. The Labute approximate surface area is 111 Å². The second-order valence-corrected chi connectivity index (χ2v) is 5.66. The van der Waals surface area contributed by atoms with Crippen LogP contribution in [0, 0.1) is 21.7 Å². The zero-order valence-electron chi connectivity index (χ0n) is 9.91. The largest absolute Gasteiger partial charge is 0.480 e. The van der Waals surface area contributed by atoms with E-state index in [0.29, 0.717) is 0 Å². The molecule has 0 fully saturated rings. The van der Waals surface area contributed by atoms with Crippen LogP contribution in [0.2, 0.25) is 0 Å². The van der Waals surface area contributed by atoms with Crippen LogP contribution < -0.4 is 0 Å². The first-order chi connectivity index (χ1) is 9.07. The zero-order valence-corrected chi connectivity index (χ0v) is 10.7. The number of halogens is 2. The van der Waals surface area contributed by atoms with E-state index in [9.17, 15) is 32.1 Å². The summed E-state index contributed by atoms with van der Waals surface area (Å²) in [6, 6.07) is 0.262. The van der Waals surface area contributed by atoms with Gasteiger partial charge in [0.25, 0.3) is 0 Å². The molecule has 8 nitrogen and oxygen atoms in total. The minimum Gasteiger partial charge on any atom is -0.480 e. The molecule has 0 saturated carbocycles. The third kappa shape index (κ3) is 3.05. The summed E-state index contributed by atoms with van der Waals surface area (Å²) < 4.78 is 50.5. The summed E-state index contributed by atoms with van der Waals surface area (Å²) >= 11 is 0. The third-order valence-electron chi connectivity index (χ3n) is 2.24. The summed E-state index contributed by atoms with van der Waals surface area (Å²) in [4.78, 5) is 18.5. The number of nitrogens with zero attached hydrogens (tertiary/aromatic N) is 2. The van der Waals surface area contributed by atoms with Crippen molar-refractivity contribution in [3.63, 3.8) is 0 Å². The highest BCUT2D eigenvalue weighted by molar-refractivity contribution is 7.89. The topological polar surface area (TPSA) is 118 Å². The Morgan fingerprint density at radius 3 is 2.40 bits per heavy atom. The van der Waals surface area contributed by atoms with E-state index in [0.717, 1.165) is 7.05 Å². The Kier molecular flexibility index (Phi) is 4.35. The maximum Gasteiger partial charge on any atom is 0.318 e. The van der Waals surface area contributed by atoms with Crippen molar-refractivity contribution in [2.75, 3.05) is 13.6 Å². The molecule has 1 rings (SSSR count). The van der Waals surface area contributed by atoms with Gasteiger partial charge in [0.1, 0.15) is 17.3 Å². The number of sulfonamides is 1. The number of hydrogen-bond acceptors (Lipinski definition) is 5. The molecule has 0 heterocycles. The normalized spacial score (nSPS) is 11.6. The fourth-order valence-corrected chi connectivity index (χ4v) is 2.48. The van der Waals surface area contributed by atoms with Crippen LogP contribution in [0.1, 0.15) is 0 Å². The highest BCUT2D eigenvalue weighted by Gasteiger charge is 2.30. The average molecular weight is 310 g/mol. The fourth-order valence-electron chi connectivity index (χ4n) is 1.30. The van der Waals surface area contributed by atoms with Crippen molar-refractivity contribution >= 4 is 21.7 Å². The quantitative estimate of drug-likeness (QED) is 0.627. The number of hydrogen-bond donors (Lipinski definition) is 1. The second kappa shape index (κ2) is 5.46. The molecule has 0 radical (unpaired) electrons. The molecule has 0 amide bonds. The molecule has 0 spiro atoms. The number of aliphatic carboxylic acids is 1. The number of benzene rings is 1. The van der Waals surface area contributed by atoms with E-state index in [1.165, 1.54) is 0 Å². The van der Waals surface area contributed by atoms with Crippen molar-refractivity contribution in [1.29, 1.82) is 0 Å². The first-order valence-electron chi connectivity index (χ1n) is 4.89. The number of carbonyl (C=O) groups is 1. The van der Waals surface area contributed by atoms with Gasteiger partial charge in [-0.25, -0.2) is 12.8 Å². The lowest BCUT2D eigenvalue weighted by Crippen LogP contribution is -2.32. The molecule has 0 saturated heterocycles. The van der Waals surface area contributed by atoms with E-state index >= 15 is 0 Å². The molecule has 0 atom stereocenters. The van der Waals surface area contributed by atoms with Crippen molar-refractivity contribution in [1.82, 2.24) is 4.31 Å². The molecule has 1 aromatic carbocycles. The van der Waals surface area contributed by atoms with Crippen molar-refractivity contribution in [2.24, 2.45) is 0 Å². The van der Waals surface area contributed by atoms with Crippen LogP contribution in [0.15, 0.2) is 17.0 Å². The molecule has 11 heteroatoms. The van der Waals surface area contributed by atoms with Crippen molar-refractivity contribution in [3.05, 3.63) is 33.9 Å². The molecule has 1 aromatic rings. The summed E-state index contributed by atoms with van der Waals surface area (Å²) in [5.41, 5.74) is -1.23. The van der Waals surface area contributed by atoms with Crippen LogP contribution in [0.4, 0.5) is 14.5 Å². The first-order valence-corrected chi connectivity index (χ1v) is 6.33. The molecule has 1 N–H and O–H groups in total. The average Bonchev–Trinajstić information content (AvgIpc) is 2.26. The Morgan fingerprint density at radius 2 is 1.95 bits per heavy atom. The van der Waals surface area contributed by atoms with E-state index in [2.05, 4.69) is 0 Å². The predicted octanol–water partition coefficient (Wildman–Crippen LogP) is 0.578. The maximum absolute atomic E-state index is 13.5. The highest BCUT2D eigenvalue weighted by atomic mass is 32.2. The third-order valence-corrected chi connectivity index (χ3v) is 4.06. The molecule has 0 bridgehead atoms. The van der Waals surface area contributed by atoms with Gasteiger partial charge in [-0.15, -0.1) is 0 Å². The van der Waals surface area contributed by atoms with Crippen molar-refractivity contribution in [3.8, 4) is 0 Å². The summed E-state index contributed by atoms with van der Waals surface area (Å²) in [6.07, 6.45) is 0. The zero-order chi connectivity index (χ0) is 15.7. The summed E-state index contributed by atoms with van der Waals surface area (Å²) in [5.74, 6) is -4.59. The summed E-state index contributed by atoms with van der Waals surface area (Å²) in [7, 11) is -3.79. The molecule has 0 aliphatic carbocycles. The van der Waals surface area contributed by atoms with Crippen LogP contribution in [-0.4, -0.2) is 42.3 Å². The summed E-state index contributed by atoms with van der Waals surface area (Å²) in [5, 5.41) is 19.0. The molecule has 0 aromatic heterocycles. The van der Waals surface area contributed by atoms with Gasteiger partial charge in [-0.05, 0) is 0 Å². The molecule has 110 valence electrons. The molecular weight excluding hydrogens is 302 g/mol. The lowest BCUT2D eigenvalue weighted by atomic mass is 10.3. The lowest BCUT2D eigenvalue weighted by Gasteiger charge is -2.15. The lowest BCUT2D eigenvalue weighted by molar-refractivity contribution is -0.387. The molecule has 0 aliphatic heterocycles. The Balaban J connectivity index is 3.42. The van der Waals surface area contributed by atoms with Gasteiger partial charge in [0.15, 0.2) is 0 Å². The number of nitro groups is 1. The van der Waals surface area contributed by atoms with Gasteiger partial charge in [-0.3, -0.25) is 14.9 Å². The van der Waals surface area contributed by atoms with Crippen molar-refractivity contribution in [2.45, 2.75) is 4.90 Å². The second-order valence-electron chi connectivity index (χ2n) is 3.65. The van der Waals surface area contributed by atoms with E-state index in [-0.39, 0.29) is 16.4 Å². The first kappa shape index (κ1) is 15.9. The van der Waals surface area contributed by atoms with Crippen LogP contribution in [0.5, 0.6) is 0 Å². The van der Waals surface area contributed by atoms with Crippen molar-refractivity contribution < 1.29 is 32.0 Å². The van der Waals surface area contributed by atoms with Gasteiger partial charge in [0.05, 0.1) is 4.92 Å². The van der Waals surface area contributed by atoms with Crippen LogP contribution in [0.3, 0.4) is 0 Å². The van der Waals surface area contributed by atoms with Gasteiger partial charge in [-0.1, -0.05) is 0 Å². The molecule has 0 aliphatic rings. The number of rotatable bonds is 5. The molecular formula is C9H8F2N2O6S. The molecule has 20 heavy (non-hydrogen) atoms. The maximum atomic E-state index is 13.5. The number of carboxylic acid groups (broad SMARTS) is 1. The van der Waals surface area contributed by atoms with E-state index in [4.69, 9.17) is 5.11 Å². The van der Waals surface area contributed by atoms with Crippen LogP contribution >= 0.6 is 0 Å². The van der Waals surface area contributed by atoms with Gasteiger partial charge < -0.3 is 5.11 Å². The van der Waals surface area contributed by atoms with E-state index < -0.39 is 49.7 Å². The Hall–Kier alpha value is -2.14. The standard InChI is InChI=1S/C9H8F2N2O6S/c1-12(4-9(14)15)20(18,19)8-3-7(13(16)17)5(10)2-6(8)11/h2-3H,4H2,1H3,(H,14,15). The minimum absolute atomic E-state index is 0.0552. The number of likely N-dealkylation sites (N-methyl/N-ethyl adjacent to an activating group) is 1. The van der Waals surface area contributed by atoms with Crippen LogP contribution in [-0.2, 0) is 14.8 Å². The van der Waals surface area contributed by atoms with Gasteiger partial charge >= 0.3 is 11.7 Å². The van der Waals surface area contributed by atoms with Gasteiger partial charge in [0, 0.05) is 19.2 Å². The number of nitro benzene ring substituents is 1.